The Bertz CT molecular complexity index is 872. The van der Waals surface area contributed by atoms with Crippen LogP contribution in [0.15, 0.2) is 22.7 Å². The summed E-state index contributed by atoms with van der Waals surface area (Å²) < 4.78 is 17.5. The Morgan fingerprint density at radius 1 is 1.07 bits per heavy atom. The van der Waals surface area contributed by atoms with Gasteiger partial charge in [-0.15, -0.1) is 0 Å². The van der Waals surface area contributed by atoms with Crippen molar-refractivity contribution >= 4 is 29.0 Å². The molecule has 0 amide bonds. The van der Waals surface area contributed by atoms with Crippen LogP contribution < -0.4 is 0 Å². The lowest BCUT2D eigenvalue weighted by Crippen LogP contribution is -2.45. The van der Waals surface area contributed by atoms with Gasteiger partial charge in [-0.25, -0.2) is 0 Å². The Morgan fingerprint density at radius 2 is 1.75 bits per heavy atom. The van der Waals surface area contributed by atoms with E-state index in [0.717, 1.165) is 24.2 Å². The van der Waals surface area contributed by atoms with Crippen LogP contribution in [0.25, 0.3) is 11.3 Å². The zero-order chi connectivity index (χ0) is 19.3. The predicted octanol–water partition coefficient (Wildman–Crippen LogP) is 5.04. The number of benzene rings is 1. The first-order valence-electron chi connectivity index (χ1n) is 9.77. The number of nitrogens with zero attached hydrogens (tertiary/aromatic N) is 1. The molecule has 3 aliphatic rings. The Hall–Kier alpha value is -1.40. The number of rotatable bonds is 5. The average molecular weight is 422 g/mol. The SMILES string of the molecule is O=C1[C@@H]2COC[C@H]1CC(OCc1c(-c3c(Cl)cccc3Cl)noc1C1CC1)C2. The summed E-state index contributed by atoms with van der Waals surface area (Å²) in [6.45, 7) is 1.40. The molecule has 5 nitrogen and oxygen atoms in total. The molecule has 1 aromatic carbocycles. The molecule has 148 valence electrons. The van der Waals surface area contributed by atoms with Crippen LogP contribution in [0.5, 0.6) is 0 Å². The smallest absolute Gasteiger partial charge is 0.145 e. The van der Waals surface area contributed by atoms with Crippen molar-refractivity contribution in [3.05, 3.63) is 39.6 Å². The summed E-state index contributed by atoms with van der Waals surface area (Å²) >= 11 is 12.8. The van der Waals surface area contributed by atoms with Crippen molar-refractivity contribution in [2.75, 3.05) is 13.2 Å². The van der Waals surface area contributed by atoms with Gasteiger partial charge < -0.3 is 14.0 Å². The second kappa shape index (κ2) is 7.45. The molecule has 5 rings (SSSR count). The summed E-state index contributed by atoms with van der Waals surface area (Å²) in [4.78, 5) is 12.3. The van der Waals surface area contributed by atoms with Gasteiger partial charge in [-0.2, -0.15) is 0 Å². The molecule has 0 spiro atoms. The fourth-order valence-electron chi connectivity index (χ4n) is 4.33. The maximum Gasteiger partial charge on any atom is 0.145 e. The molecule has 2 bridgehead atoms. The van der Waals surface area contributed by atoms with Gasteiger partial charge in [-0.3, -0.25) is 4.79 Å². The third kappa shape index (κ3) is 3.39. The summed E-state index contributed by atoms with van der Waals surface area (Å²) in [5.74, 6) is 1.52. The van der Waals surface area contributed by atoms with Crippen LogP contribution in [0.1, 0.15) is 42.9 Å². The number of carbonyl (C=O) groups excluding carboxylic acids is 1. The molecule has 1 aromatic heterocycles. The number of fused-ring (bicyclic) bond motifs is 2. The predicted molar refractivity (Wildman–Crippen MR) is 105 cm³/mol. The highest BCUT2D eigenvalue weighted by atomic mass is 35.5. The first kappa shape index (κ1) is 18.6. The summed E-state index contributed by atoms with van der Waals surface area (Å²) in [7, 11) is 0. The van der Waals surface area contributed by atoms with Crippen molar-refractivity contribution in [2.24, 2.45) is 11.8 Å². The second-order valence-electron chi connectivity index (χ2n) is 7.98. The fraction of sp³-hybridized carbons (Fsp3) is 0.524. The van der Waals surface area contributed by atoms with Gasteiger partial charge in [0.1, 0.15) is 17.2 Å². The van der Waals surface area contributed by atoms with E-state index in [2.05, 4.69) is 5.16 Å². The van der Waals surface area contributed by atoms with E-state index in [9.17, 15) is 4.79 Å². The number of ketones is 1. The van der Waals surface area contributed by atoms with Crippen molar-refractivity contribution in [2.45, 2.75) is 44.3 Å². The molecule has 3 atom stereocenters. The maximum atomic E-state index is 12.3. The van der Waals surface area contributed by atoms with Crippen molar-refractivity contribution < 1.29 is 18.8 Å². The minimum absolute atomic E-state index is 0.0353. The summed E-state index contributed by atoms with van der Waals surface area (Å²) in [5.41, 5.74) is 2.27. The van der Waals surface area contributed by atoms with E-state index in [-0.39, 0.29) is 17.9 Å². The third-order valence-corrected chi connectivity index (χ3v) is 6.60. The fourth-order valence-corrected chi connectivity index (χ4v) is 4.91. The quantitative estimate of drug-likeness (QED) is 0.676. The van der Waals surface area contributed by atoms with Crippen LogP contribution in [0.2, 0.25) is 10.0 Å². The van der Waals surface area contributed by atoms with E-state index in [0.29, 0.717) is 65.7 Å². The molecule has 2 aromatic rings. The second-order valence-corrected chi connectivity index (χ2v) is 8.80. The molecular weight excluding hydrogens is 401 g/mol. The number of ether oxygens (including phenoxy) is 2. The summed E-state index contributed by atoms with van der Waals surface area (Å²) in [6, 6.07) is 5.41. The van der Waals surface area contributed by atoms with E-state index in [4.69, 9.17) is 37.2 Å². The van der Waals surface area contributed by atoms with Crippen molar-refractivity contribution in [1.29, 1.82) is 0 Å². The van der Waals surface area contributed by atoms with Gasteiger partial charge in [0, 0.05) is 28.9 Å². The Labute approximate surface area is 173 Å². The standard InChI is InChI=1S/C21H21Cl2NO4/c22-16-2-1-3-17(23)18(16)19-15(21(28-24-19)11-4-5-11)10-27-14-6-12-8-26-9-13(7-14)20(12)25/h1-3,11-14H,4-10H2/t12-,13+,14?. The number of hydrogen-bond donors (Lipinski definition) is 0. The number of hydrogen-bond acceptors (Lipinski definition) is 5. The van der Waals surface area contributed by atoms with Crippen LogP contribution in [0, 0.1) is 11.8 Å². The molecule has 0 radical (unpaired) electrons. The third-order valence-electron chi connectivity index (χ3n) is 5.97. The van der Waals surface area contributed by atoms with Crippen molar-refractivity contribution in [1.82, 2.24) is 5.16 Å². The minimum Gasteiger partial charge on any atom is -0.380 e. The lowest BCUT2D eigenvalue weighted by molar-refractivity contribution is -0.149. The molecule has 3 fully saturated rings. The lowest BCUT2D eigenvalue weighted by atomic mass is 9.77. The molecule has 0 N–H and O–H groups in total. The summed E-state index contributed by atoms with van der Waals surface area (Å²) in [5, 5.41) is 5.39. The Morgan fingerprint density at radius 3 is 2.39 bits per heavy atom. The molecule has 2 aliphatic carbocycles. The number of carbonyl (C=O) groups is 1. The molecule has 1 unspecified atom stereocenters. The highest BCUT2D eigenvalue weighted by Gasteiger charge is 2.41. The number of aromatic nitrogens is 1. The van der Waals surface area contributed by atoms with Gasteiger partial charge in [0.2, 0.25) is 0 Å². The zero-order valence-electron chi connectivity index (χ0n) is 15.3. The van der Waals surface area contributed by atoms with E-state index in [1.807, 2.05) is 6.07 Å². The molecule has 1 aliphatic heterocycles. The van der Waals surface area contributed by atoms with Crippen LogP contribution in [-0.4, -0.2) is 30.3 Å². The van der Waals surface area contributed by atoms with Gasteiger partial charge in [0.15, 0.2) is 0 Å². The van der Waals surface area contributed by atoms with Gasteiger partial charge in [0.05, 0.1) is 36.0 Å². The highest BCUT2D eigenvalue weighted by molar-refractivity contribution is 6.39. The zero-order valence-corrected chi connectivity index (χ0v) is 16.8. The van der Waals surface area contributed by atoms with Crippen LogP contribution in [0.3, 0.4) is 0 Å². The van der Waals surface area contributed by atoms with E-state index in [1.54, 1.807) is 12.1 Å². The van der Waals surface area contributed by atoms with E-state index >= 15 is 0 Å². The van der Waals surface area contributed by atoms with Crippen LogP contribution >= 0.6 is 23.2 Å². The lowest BCUT2D eigenvalue weighted by Gasteiger charge is -2.37. The van der Waals surface area contributed by atoms with Crippen molar-refractivity contribution in [3.8, 4) is 11.3 Å². The number of halogens is 2. The van der Waals surface area contributed by atoms with Crippen LogP contribution in [-0.2, 0) is 20.9 Å². The largest absolute Gasteiger partial charge is 0.380 e. The average Bonchev–Trinajstić information content (AvgIpc) is 3.41. The molecular formula is C21H21Cl2NO4. The normalized spacial score (nSPS) is 27.2. The summed E-state index contributed by atoms with van der Waals surface area (Å²) in [6.07, 6.45) is 3.64. The first-order valence-corrected chi connectivity index (χ1v) is 10.5. The van der Waals surface area contributed by atoms with Gasteiger partial charge in [-0.1, -0.05) is 34.4 Å². The number of Topliss-reactive ketones (excluding diaryl/α,β-unsaturated/α-hetero) is 1. The highest BCUT2D eigenvalue weighted by Crippen LogP contribution is 2.46. The molecule has 7 heteroatoms. The molecule has 2 saturated carbocycles. The topological polar surface area (TPSA) is 61.6 Å². The Kier molecular flexibility index (Phi) is 4.95. The van der Waals surface area contributed by atoms with E-state index < -0.39 is 0 Å². The van der Waals surface area contributed by atoms with Crippen molar-refractivity contribution in [3.63, 3.8) is 0 Å². The Balaban J connectivity index is 1.40. The minimum atomic E-state index is -0.0413. The first-order chi connectivity index (χ1) is 13.6. The molecule has 2 heterocycles. The van der Waals surface area contributed by atoms with Crippen LogP contribution in [0.4, 0.5) is 0 Å². The van der Waals surface area contributed by atoms with Gasteiger partial charge in [0.25, 0.3) is 0 Å². The molecule has 28 heavy (non-hydrogen) atoms. The monoisotopic (exact) mass is 421 g/mol. The maximum absolute atomic E-state index is 12.3. The molecule has 1 saturated heterocycles. The van der Waals surface area contributed by atoms with Gasteiger partial charge >= 0.3 is 0 Å². The van der Waals surface area contributed by atoms with Gasteiger partial charge in [-0.05, 0) is 37.8 Å². The van der Waals surface area contributed by atoms with E-state index in [1.165, 1.54) is 0 Å².